The molecule has 1 saturated carbocycles. The Morgan fingerprint density at radius 2 is 1.83 bits per heavy atom. The van der Waals surface area contributed by atoms with Gasteiger partial charge in [0.05, 0.1) is 16.4 Å². The van der Waals surface area contributed by atoms with Crippen LogP contribution in [0.2, 0.25) is 0 Å². The minimum Gasteiger partial charge on any atom is -0.455 e. The summed E-state index contributed by atoms with van der Waals surface area (Å²) in [6.07, 6.45) is 2.81. The molecule has 7 nitrogen and oxygen atoms in total. The number of nitrogens with one attached hydrogen (secondary N) is 3. The molecule has 0 unspecified atom stereocenters. The molecule has 2 aromatic carbocycles. The Labute approximate surface area is 165 Å². The first kappa shape index (κ1) is 18.9. The van der Waals surface area contributed by atoms with Crippen LogP contribution < -0.4 is 11.0 Å². The topological polar surface area (TPSA) is 104 Å². The molecule has 0 atom stereocenters. The first-order valence-electron chi connectivity index (χ1n) is 9.41. The second kappa shape index (κ2) is 7.54. The number of amides is 1. The highest BCUT2D eigenvalue weighted by Gasteiger charge is 2.44. The summed E-state index contributed by atoms with van der Waals surface area (Å²) in [5.74, 6) is -1.42. The molecular formula is C21H20FN3O4. The summed E-state index contributed by atoms with van der Waals surface area (Å²) < 4.78 is 19.0. The van der Waals surface area contributed by atoms with Gasteiger partial charge in [-0.05, 0) is 48.7 Å². The van der Waals surface area contributed by atoms with Crippen molar-refractivity contribution < 1.29 is 18.7 Å². The Hall–Kier alpha value is -3.42. The van der Waals surface area contributed by atoms with Crippen molar-refractivity contribution in [3.05, 3.63) is 64.3 Å². The fraction of sp³-hybridized carbons (Fsp3) is 0.286. The van der Waals surface area contributed by atoms with Gasteiger partial charge in [-0.3, -0.25) is 9.59 Å². The number of halogens is 1. The quantitative estimate of drug-likeness (QED) is 0.576. The third-order valence-electron chi connectivity index (χ3n) is 5.36. The molecule has 150 valence electrons. The molecular weight excluding hydrogens is 377 g/mol. The number of esters is 1. The number of imidazole rings is 1. The van der Waals surface area contributed by atoms with Gasteiger partial charge in [0, 0.05) is 5.69 Å². The molecule has 1 aliphatic carbocycles. The lowest BCUT2D eigenvalue weighted by atomic mass is 9.79. The Bertz CT molecular complexity index is 1130. The molecule has 8 heteroatoms. The second-order valence-corrected chi connectivity index (χ2v) is 7.26. The monoisotopic (exact) mass is 397 g/mol. The van der Waals surface area contributed by atoms with E-state index in [0.29, 0.717) is 35.1 Å². The van der Waals surface area contributed by atoms with E-state index < -0.39 is 29.7 Å². The second-order valence-electron chi connectivity index (χ2n) is 7.26. The molecule has 29 heavy (non-hydrogen) atoms. The van der Waals surface area contributed by atoms with Crippen molar-refractivity contribution in [2.75, 3.05) is 11.9 Å². The van der Waals surface area contributed by atoms with Gasteiger partial charge in [-0.25, -0.2) is 9.18 Å². The van der Waals surface area contributed by atoms with Crippen molar-refractivity contribution in [3.8, 4) is 0 Å². The fourth-order valence-electron chi connectivity index (χ4n) is 3.95. The van der Waals surface area contributed by atoms with E-state index in [0.717, 1.165) is 12.8 Å². The van der Waals surface area contributed by atoms with Crippen molar-refractivity contribution in [2.45, 2.75) is 31.1 Å². The van der Waals surface area contributed by atoms with E-state index in [1.807, 2.05) is 0 Å². The predicted octanol–water partition coefficient (Wildman–Crippen LogP) is 2.99. The molecule has 1 amide bonds. The molecule has 3 aromatic rings. The first-order valence-corrected chi connectivity index (χ1v) is 9.41. The lowest BCUT2D eigenvalue weighted by Gasteiger charge is -2.27. The lowest BCUT2D eigenvalue weighted by molar-refractivity contribution is -0.153. The summed E-state index contributed by atoms with van der Waals surface area (Å²) in [7, 11) is 0. The van der Waals surface area contributed by atoms with Gasteiger partial charge in [-0.1, -0.05) is 25.0 Å². The zero-order valence-electron chi connectivity index (χ0n) is 15.6. The van der Waals surface area contributed by atoms with Crippen LogP contribution >= 0.6 is 0 Å². The third kappa shape index (κ3) is 3.78. The Balaban J connectivity index is 1.43. The van der Waals surface area contributed by atoms with Crippen molar-refractivity contribution in [1.82, 2.24) is 9.97 Å². The number of rotatable bonds is 5. The van der Waals surface area contributed by atoms with Crippen LogP contribution in [0.5, 0.6) is 0 Å². The molecule has 1 aliphatic rings. The van der Waals surface area contributed by atoms with Gasteiger partial charge in [0.1, 0.15) is 5.82 Å². The fourth-order valence-corrected chi connectivity index (χ4v) is 3.95. The number of ether oxygens (including phenoxy) is 1. The van der Waals surface area contributed by atoms with Gasteiger partial charge < -0.3 is 20.0 Å². The van der Waals surface area contributed by atoms with E-state index in [4.69, 9.17) is 4.74 Å². The maximum atomic E-state index is 13.7. The van der Waals surface area contributed by atoms with Gasteiger partial charge in [-0.2, -0.15) is 0 Å². The van der Waals surface area contributed by atoms with Gasteiger partial charge in [0.15, 0.2) is 6.61 Å². The smallest absolute Gasteiger partial charge is 0.323 e. The summed E-state index contributed by atoms with van der Waals surface area (Å²) in [5.41, 5.74) is 0.984. The van der Waals surface area contributed by atoms with E-state index in [2.05, 4.69) is 15.3 Å². The summed E-state index contributed by atoms with van der Waals surface area (Å²) in [6.45, 7) is -0.447. The number of fused-ring (bicyclic) bond motifs is 1. The number of benzene rings is 2. The number of carbonyl (C=O) groups is 2. The van der Waals surface area contributed by atoms with Crippen molar-refractivity contribution >= 4 is 28.6 Å². The summed E-state index contributed by atoms with van der Waals surface area (Å²) in [5, 5.41) is 2.64. The lowest BCUT2D eigenvalue weighted by Crippen LogP contribution is -2.36. The molecule has 1 heterocycles. The Morgan fingerprint density at radius 3 is 2.59 bits per heavy atom. The molecule has 1 aromatic heterocycles. The van der Waals surface area contributed by atoms with E-state index in [1.165, 1.54) is 12.1 Å². The normalized spacial score (nSPS) is 15.3. The number of hydrogen-bond acceptors (Lipinski definition) is 4. The van der Waals surface area contributed by atoms with E-state index in [9.17, 15) is 18.8 Å². The minimum absolute atomic E-state index is 0.336. The van der Waals surface area contributed by atoms with Crippen molar-refractivity contribution in [3.63, 3.8) is 0 Å². The molecule has 0 radical (unpaired) electrons. The van der Waals surface area contributed by atoms with Gasteiger partial charge in [0.2, 0.25) is 0 Å². The first-order chi connectivity index (χ1) is 14.0. The van der Waals surface area contributed by atoms with E-state index in [1.54, 1.807) is 30.3 Å². The van der Waals surface area contributed by atoms with Crippen LogP contribution in [0, 0.1) is 5.82 Å². The third-order valence-corrected chi connectivity index (χ3v) is 5.36. The summed E-state index contributed by atoms with van der Waals surface area (Å²) in [4.78, 5) is 41.6. The highest BCUT2D eigenvalue weighted by molar-refractivity contribution is 5.95. The summed E-state index contributed by atoms with van der Waals surface area (Å²) >= 11 is 0. The molecule has 0 bridgehead atoms. The molecule has 0 saturated heterocycles. The highest BCUT2D eigenvalue weighted by Crippen LogP contribution is 2.42. The van der Waals surface area contributed by atoms with Crippen molar-refractivity contribution in [2.24, 2.45) is 0 Å². The highest BCUT2D eigenvalue weighted by atomic mass is 19.1. The molecule has 3 N–H and O–H groups in total. The predicted molar refractivity (Wildman–Crippen MR) is 105 cm³/mol. The van der Waals surface area contributed by atoms with Crippen LogP contribution in [0.1, 0.15) is 31.2 Å². The van der Waals surface area contributed by atoms with Gasteiger partial charge >= 0.3 is 11.7 Å². The number of hydrogen-bond donors (Lipinski definition) is 3. The van der Waals surface area contributed by atoms with E-state index in [-0.39, 0.29) is 5.69 Å². The van der Waals surface area contributed by atoms with Crippen LogP contribution in [-0.4, -0.2) is 28.5 Å². The minimum atomic E-state index is -0.911. The standard InChI is InChI=1S/C21H20FN3O4/c22-14-5-3-4-13(10-14)21(8-1-2-9-21)19(27)29-12-18(26)23-15-6-7-16-17(11-15)25-20(28)24-16/h3-7,10-11H,1-2,8-9,12H2,(H,23,26)(H2,24,25,28). The Kier molecular flexibility index (Phi) is 4.92. The van der Waals surface area contributed by atoms with Crippen LogP contribution in [-0.2, 0) is 19.7 Å². The largest absolute Gasteiger partial charge is 0.455 e. The molecule has 4 rings (SSSR count). The average molecular weight is 397 g/mol. The number of aromatic nitrogens is 2. The zero-order valence-corrected chi connectivity index (χ0v) is 15.6. The van der Waals surface area contributed by atoms with Crippen LogP contribution in [0.4, 0.5) is 10.1 Å². The molecule has 0 aliphatic heterocycles. The van der Waals surface area contributed by atoms with Crippen LogP contribution in [0.3, 0.4) is 0 Å². The number of aromatic amines is 2. The summed E-state index contributed by atoms with van der Waals surface area (Å²) in [6, 6.07) is 10.9. The van der Waals surface area contributed by atoms with Crippen LogP contribution in [0.25, 0.3) is 11.0 Å². The average Bonchev–Trinajstić information content (AvgIpc) is 3.32. The molecule has 1 fully saturated rings. The maximum absolute atomic E-state index is 13.7. The Morgan fingerprint density at radius 1 is 1.07 bits per heavy atom. The van der Waals surface area contributed by atoms with Gasteiger partial charge in [0.25, 0.3) is 5.91 Å². The zero-order chi connectivity index (χ0) is 20.4. The molecule has 0 spiro atoms. The van der Waals surface area contributed by atoms with Crippen LogP contribution in [0.15, 0.2) is 47.3 Å². The SMILES string of the molecule is O=C(COC(=O)C1(c2cccc(F)c2)CCCC1)Nc1ccc2[nH]c(=O)[nH]c2c1. The maximum Gasteiger partial charge on any atom is 0.323 e. The number of carbonyl (C=O) groups excluding carboxylic acids is 2. The number of anilines is 1. The van der Waals surface area contributed by atoms with Crippen molar-refractivity contribution in [1.29, 1.82) is 0 Å². The van der Waals surface area contributed by atoms with Gasteiger partial charge in [-0.15, -0.1) is 0 Å². The number of H-pyrrole nitrogens is 2. The van der Waals surface area contributed by atoms with E-state index >= 15 is 0 Å².